The Bertz CT molecular complexity index is 531. The van der Waals surface area contributed by atoms with E-state index in [0.717, 1.165) is 22.9 Å². The van der Waals surface area contributed by atoms with Crippen molar-refractivity contribution in [2.75, 3.05) is 4.72 Å². The van der Waals surface area contributed by atoms with E-state index in [1.807, 2.05) is 13.0 Å². The third-order valence-corrected chi connectivity index (χ3v) is 3.37. The van der Waals surface area contributed by atoms with Crippen molar-refractivity contribution >= 4 is 23.8 Å². The number of nitrogens with one attached hydrogen (secondary N) is 1. The van der Waals surface area contributed by atoms with E-state index in [2.05, 4.69) is 53.2 Å². The molecule has 19 heavy (non-hydrogen) atoms. The van der Waals surface area contributed by atoms with Gasteiger partial charge in [-0.15, -0.1) is 0 Å². The van der Waals surface area contributed by atoms with Crippen molar-refractivity contribution in [1.29, 1.82) is 0 Å². The summed E-state index contributed by atoms with van der Waals surface area (Å²) in [6.07, 6.45) is 6.68. The average molecular weight is 274 g/mol. The summed E-state index contributed by atoms with van der Waals surface area (Å²) in [5, 5.41) is 3.88. The zero-order valence-corrected chi connectivity index (χ0v) is 12.0. The molecule has 0 radical (unpaired) electrons. The number of aryl methyl sites for hydroxylation is 1. The fourth-order valence-electron chi connectivity index (χ4n) is 1.56. The van der Waals surface area contributed by atoms with Crippen LogP contribution < -0.4 is 4.72 Å². The number of allylic oxidation sites excluding steroid dienone is 1. The molecule has 1 aromatic carbocycles. The summed E-state index contributed by atoms with van der Waals surface area (Å²) < 4.78 is 8.14. The molecule has 0 unspecified atom stereocenters. The van der Waals surface area contributed by atoms with Crippen molar-refractivity contribution in [2.45, 2.75) is 31.6 Å². The van der Waals surface area contributed by atoms with Gasteiger partial charge in [-0.05, 0) is 43.0 Å². The van der Waals surface area contributed by atoms with Crippen molar-refractivity contribution in [3.63, 3.8) is 0 Å². The zero-order valence-electron chi connectivity index (χ0n) is 11.2. The summed E-state index contributed by atoms with van der Waals surface area (Å²) in [5.41, 5.74) is 1.23. The van der Waals surface area contributed by atoms with Gasteiger partial charge in [0.05, 0.1) is 0 Å². The largest absolute Gasteiger partial charge is 0.360 e. The lowest BCUT2D eigenvalue weighted by Gasteiger charge is -2.01. The van der Waals surface area contributed by atoms with E-state index in [-0.39, 0.29) is 0 Å². The molecule has 0 saturated heterocycles. The lowest BCUT2D eigenvalue weighted by atomic mass is 10.2. The Hall–Kier alpha value is -1.68. The van der Waals surface area contributed by atoms with Crippen molar-refractivity contribution in [3.05, 3.63) is 47.7 Å². The molecule has 0 aliphatic heterocycles. The molecule has 0 atom stereocenters. The third-order valence-electron chi connectivity index (χ3n) is 2.55. The lowest BCUT2D eigenvalue weighted by molar-refractivity contribution is 0.400. The standard InChI is InChI=1S/C15H18N2OS/c1-3-4-5-6-13-7-9-14(10-8-13)19-17-15-11-12(2)18-16-15/h5-11H,3-4H2,1-2H3,(H,16,17)/b6-5-. The molecule has 100 valence electrons. The number of nitrogens with zero attached hydrogens (tertiary/aromatic N) is 1. The van der Waals surface area contributed by atoms with Crippen LogP contribution in [0, 0.1) is 6.92 Å². The smallest absolute Gasteiger partial charge is 0.179 e. The third kappa shape index (κ3) is 4.48. The molecule has 0 aliphatic rings. The van der Waals surface area contributed by atoms with Crippen LogP contribution in [0.2, 0.25) is 0 Å². The highest BCUT2D eigenvalue weighted by Gasteiger charge is 2.00. The Morgan fingerprint density at radius 3 is 2.74 bits per heavy atom. The molecule has 0 aliphatic carbocycles. The molecule has 2 rings (SSSR count). The van der Waals surface area contributed by atoms with Gasteiger partial charge in [0.15, 0.2) is 5.82 Å². The van der Waals surface area contributed by atoms with Crippen LogP contribution in [-0.4, -0.2) is 5.16 Å². The van der Waals surface area contributed by atoms with Gasteiger partial charge in [0.2, 0.25) is 0 Å². The van der Waals surface area contributed by atoms with Gasteiger partial charge in [-0.25, -0.2) is 0 Å². The molecule has 0 amide bonds. The number of rotatable bonds is 6. The van der Waals surface area contributed by atoms with Crippen molar-refractivity contribution < 1.29 is 4.52 Å². The first-order valence-corrected chi connectivity index (χ1v) is 7.22. The van der Waals surface area contributed by atoms with Crippen LogP contribution in [0.4, 0.5) is 5.82 Å². The van der Waals surface area contributed by atoms with E-state index >= 15 is 0 Å². The molecule has 3 nitrogen and oxygen atoms in total. The van der Waals surface area contributed by atoms with Gasteiger partial charge in [0.25, 0.3) is 0 Å². The minimum Gasteiger partial charge on any atom is -0.360 e. The molecule has 0 spiro atoms. The molecule has 0 bridgehead atoms. The van der Waals surface area contributed by atoms with Crippen molar-refractivity contribution in [1.82, 2.24) is 5.16 Å². The SMILES string of the molecule is CCC/C=C\c1ccc(SNc2cc(C)on2)cc1. The van der Waals surface area contributed by atoms with E-state index in [1.54, 1.807) is 0 Å². The molecular formula is C15H18N2OS. The zero-order chi connectivity index (χ0) is 13.5. The molecule has 1 N–H and O–H groups in total. The van der Waals surface area contributed by atoms with Crippen LogP contribution in [0.15, 0.2) is 45.8 Å². The fraction of sp³-hybridized carbons (Fsp3) is 0.267. The van der Waals surface area contributed by atoms with Gasteiger partial charge in [-0.2, -0.15) is 0 Å². The quantitative estimate of drug-likeness (QED) is 0.759. The van der Waals surface area contributed by atoms with Gasteiger partial charge in [0.1, 0.15) is 5.76 Å². The molecular weight excluding hydrogens is 256 g/mol. The minimum absolute atomic E-state index is 0.745. The monoisotopic (exact) mass is 274 g/mol. The highest BCUT2D eigenvalue weighted by atomic mass is 32.2. The lowest BCUT2D eigenvalue weighted by Crippen LogP contribution is -1.85. The normalized spacial score (nSPS) is 11.1. The Morgan fingerprint density at radius 2 is 2.11 bits per heavy atom. The molecule has 0 fully saturated rings. The number of unbranched alkanes of at least 4 members (excludes halogenated alkanes) is 1. The van der Waals surface area contributed by atoms with Crippen LogP contribution in [0.1, 0.15) is 31.1 Å². The summed E-state index contributed by atoms with van der Waals surface area (Å²) in [7, 11) is 0. The summed E-state index contributed by atoms with van der Waals surface area (Å²) >= 11 is 1.53. The van der Waals surface area contributed by atoms with E-state index in [0.29, 0.717) is 0 Å². The second-order valence-corrected chi connectivity index (χ2v) is 5.17. The highest BCUT2D eigenvalue weighted by molar-refractivity contribution is 8.00. The van der Waals surface area contributed by atoms with E-state index in [9.17, 15) is 0 Å². The number of aromatic nitrogens is 1. The van der Waals surface area contributed by atoms with Crippen LogP contribution in [0.5, 0.6) is 0 Å². The highest BCUT2D eigenvalue weighted by Crippen LogP contribution is 2.21. The first-order chi connectivity index (χ1) is 9.28. The average Bonchev–Trinajstić information content (AvgIpc) is 2.84. The van der Waals surface area contributed by atoms with Gasteiger partial charge in [-0.1, -0.05) is 42.8 Å². The van der Waals surface area contributed by atoms with E-state index < -0.39 is 0 Å². The number of benzene rings is 1. The maximum absolute atomic E-state index is 4.99. The predicted octanol–water partition coefficient (Wildman–Crippen LogP) is 4.92. The molecule has 4 heteroatoms. The molecule has 1 heterocycles. The van der Waals surface area contributed by atoms with Crippen LogP contribution >= 0.6 is 11.9 Å². The topological polar surface area (TPSA) is 38.1 Å². The van der Waals surface area contributed by atoms with Crippen LogP contribution in [0.25, 0.3) is 6.08 Å². The first-order valence-electron chi connectivity index (χ1n) is 6.40. The predicted molar refractivity (Wildman–Crippen MR) is 81.1 cm³/mol. The second kappa shape index (κ2) is 7.04. The number of hydrogen-bond donors (Lipinski definition) is 1. The van der Waals surface area contributed by atoms with Gasteiger partial charge in [-0.3, -0.25) is 0 Å². The van der Waals surface area contributed by atoms with Gasteiger partial charge >= 0.3 is 0 Å². The van der Waals surface area contributed by atoms with Gasteiger partial charge in [0, 0.05) is 11.0 Å². The Kier molecular flexibility index (Phi) is 5.10. The Balaban J connectivity index is 1.88. The Morgan fingerprint density at radius 1 is 1.32 bits per heavy atom. The number of hydrogen-bond acceptors (Lipinski definition) is 4. The van der Waals surface area contributed by atoms with Crippen LogP contribution in [0.3, 0.4) is 0 Å². The summed E-state index contributed by atoms with van der Waals surface area (Å²) in [5.74, 6) is 1.55. The van der Waals surface area contributed by atoms with Crippen LogP contribution in [-0.2, 0) is 0 Å². The molecule has 0 saturated carbocycles. The molecule has 1 aromatic heterocycles. The summed E-state index contributed by atoms with van der Waals surface area (Å²) in [6, 6.07) is 10.3. The first kappa shape index (κ1) is 13.7. The van der Waals surface area contributed by atoms with E-state index in [4.69, 9.17) is 4.52 Å². The summed E-state index contributed by atoms with van der Waals surface area (Å²) in [4.78, 5) is 1.15. The van der Waals surface area contributed by atoms with Gasteiger partial charge < -0.3 is 9.25 Å². The maximum atomic E-state index is 4.99. The minimum atomic E-state index is 0.745. The second-order valence-electron chi connectivity index (χ2n) is 4.29. The molecule has 2 aromatic rings. The van der Waals surface area contributed by atoms with Crippen molar-refractivity contribution in [2.24, 2.45) is 0 Å². The Labute approximate surface area is 118 Å². The fourth-order valence-corrected chi connectivity index (χ4v) is 2.15. The maximum Gasteiger partial charge on any atom is 0.179 e. The van der Waals surface area contributed by atoms with Crippen molar-refractivity contribution in [3.8, 4) is 0 Å². The number of anilines is 1. The summed E-state index contributed by atoms with van der Waals surface area (Å²) in [6.45, 7) is 4.06. The van der Waals surface area contributed by atoms with E-state index in [1.165, 1.54) is 23.9 Å².